The number of likely N-dealkylation sites (tertiary alicyclic amines) is 1. The molecule has 2 atom stereocenters. The first kappa shape index (κ1) is 35.9. The van der Waals surface area contributed by atoms with Crippen molar-refractivity contribution in [3.05, 3.63) is 59.7 Å². The molecule has 4 saturated heterocycles. The van der Waals surface area contributed by atoms with Crippen molar-refractivity contribution in [2.24, 2.45) is 5.92 Å². The number of piperidine rings is 3. The van der Waals surface area contributed by atoms with Crippen LogP contribution in [0.3, 0.4) is 0 Å². The molecule has 6 aliphatic heterocycles. The molecule has 16 heteroatoms. The van der Waals surface area contributed by atoms with Crippen LogP contribution < -0.4 is 25.8 Å². The van der Waals surface area contributed by atoms with E-state index in [0.29, 0.717) is 60.3 Å². The molecule has 1 aromatic heterocycles. The van der Waals surface area contributed by atoms with Crippen LogP contribution in [0.15, 0.2) is 48.5 Å². The van der Waals surface area contributed by atoms with E-state index in [2.05, 4.69) is 40.8 Å². The largest absolute Gasteiger partial charge is 0.507 e. The first-order valence-corrected chi connectivity index (χ1v) is 19.7. The van der Waals surface area contributed by atoms with Crippen LogP contribution in [0.25, 0.3) is 11.3 Å². The molecule has 0 saturated carbocycles. The van der Waals surface area contributed by atoms with Gasteiger partial charge in [-0.2, -0.15) is 0 Å². The fourth-order valence-corrected chi connectivity index (χ4v) is 9.21. The number of aromatic hydroxyl groups is 1. The normalized spacial score (nSPS) is 23.4. The minimum atomic E-state index is -0.972. The lowest BCUT2D eigenvalue weighted by atomic mass is 9.94. The Bertz CT molecular complexity index is 2080. The minimum Gasteiger partial charge on any atom is -0.507 e. The molecule has 6 aliphatic rings. The molecule has 16 nitrogen and oxygen atoms in total. The van der Waals surface area contributed by atoms with E-state index in [0.717, 1.165) is 74.7 Å². The number of phenols is 1. The van der Waals surface area contributed by atoms with Crippen LogP contribution in [-0.4, -0.2) is 137 Å². The number of aromatic nitrogens is 2. The Labute approximate surface area is 324 Å². The summed E-state index contributed by atoms with van der Waals surface area (Å²) in [4.78, 5) is 74.0. The first-order chi connectivity index (χ1) is 27.2. The van der Waals surface area contributed by atoms with Crippen LogP contribution >= 0.6 is 0 Å². The number of para-hydroxylation sites is 1. The average Bonchev–Trinajstić information content (AvgIpc) is 3.46. The second-order valence-electron chi connectivity index (χ2n) is 15.8. The molecule has 56 heavy (non-hydrogen) atoms. The molecule has 3 aromatic rings. The lowest BCUT2D eigenvalue weighted by Gasteiger charge is -2.46. The second-order valence-corrected chi connectivity index (χ2v) is 15.8. The van der Waals surface area contributed by atoms with Crippen molar-refractivity contribution < 1.29 is 29.1 Å². The molecule has 6 amide bonds. The molecule has 0 radical (unpaired) electrons. The highest BCUT2D eigenvalue weighted by atomic mass is 16.3. The fourth-order valence-electron chi connectivity index (χ4n) is 9.21. The number of carbonyl (C=O) groups excluding carboxylic acids is 5. The van der Waals surface area contributed by atoms with Crippen molar-refractivity contribution in [3.63, 3.8) is 0 Å². The predicted octanol–water partition coefficient (Wildman–Crippen LogP) is 2.26. The van der Waals surface area contributed by atoms with E-state index in [-0.39, 0.29) is 36.7 Å². The van der Waals surface area contributed by atoms with Crippen LogP contribution in [0.4, 0.5) is 22.0 Å². The highest BCUT2D eigenvalue weighted by Crippen LogP contribution is 2.37. The zero-order valence-electron chi connectivity index (χ0n) is 31.2. The van der Waals surface area contributed by atoms with Crippen molar-refractivity contribution >= 4 is 46.9 Å². The summed E-state index contributed by atoms with van der Waals surface area (Å²) in [6.45, 7) is 7.13. The summed E-state index contributed by atoms with van der Waals surface area (Å²) in [5, 5.41) is 28.0. The number of carbonyl (C=O) groups is 5. The Morgan fingerprint density at radius 3 is 2.41 bits per heavy atom. The zero-order valence-corrected chi connectivity index (χ0v) is 31.2. The van der Waals surface area contributed by atoms with E-state index < -0.39 is 29.7 Å². The smallest absolute Gasteiger partial charge is 0.317 e. The number of urea groups is 1. The molecule has 9 rings (SSSR count). The van der Waals surface area contributed by atoms with Crippen molar-refractivity contribution in [2.45, 2.75) is 56.7 Å². The monoisotopic (exact) mass is 762 g/mol. The van der Waals surface area contributed by atoms with Crippen LogP contribution in [0.5, 0.6) is 5.75 Å². The molecular weight excluding hydrogens is 717 g/mol. The number of amides is 6. The van der Waals surface area contributed by atoms with Gasteiger partial charge < -0.3 is 35.3 Å². The quantitative estimate of drug-likeness (QED) is 0.269. The van der Waals surface area contributed by atoms with Crippen molar-refractivity contribution in [2.75, 3.05) is 74.0 Å². The summed E-state index contributed by atoms with van der Waals surface area (Å²) < 4.78 is 0. The Balaban J connectivity index is 0.725. The van der Waals surface area contributed by atoms with Crippen LogP contribution in [-0.2, 0) is 9.59 Å². The predicted molar refractivity (Wildman–Crippen MR) is 206 cm³/mol. The summed E-state index contributed by atoms with van der Waals surface area (Å²) in [6, 6.07) is 13.7. The van der Waals surface area contributed by atoms with Gasteiger partial charge in [0, 0.05) is 82.6 Å². The third-order valence-corrected chi connectivity index (χ3v) is 12.4. The maximum atomic E-state index is 13.5. The maximum Gasteiger partial charge on any atom is 0.317 e. The van der Waals surface area contributed by atoms with Crippen LogP contribution in [0.1, 0.15) is 59.2 Å². The Kier molecular flexibility index (Phi) is 9.43. The molecule has 2 unspecified atom stereocenters. The molecule has 292 valence electrons. The van der Waals surface area contributed by atoms with Crippen LogP contribution in [0.2, 0.25) is 0 Å². The molecule has 0 spiro atoms. The van der Waals surface area contributed by atoms with Gasteiger partial charge in [-0.15, -0.1) is 10.2 Å². The fraction of sp³-hybridized carbons (Fsp3) is 0.475. The minimum absolute atomic E-state index is 0.00896. The molecular formula is C40H46N10O6. The van der Waals surface area contributed by atoms with Gasteiger partial charge >= 0.3 is 6.03 Å². The third kappa shape index (κ3) is 6.75. The van der Waals surface area contributed by atoms with Gasteiger partial charge in [0.1, 0.15) is 11.8 Å². The Morgan fingerprint density at radius 1 is 0.839 bits per heavy atom. The van der Waals surface area contributed by atoms with E-state index in [1.165, 1.54) is 0 Å². The summed E-state index contributed by atoms with van der Waals surface area (Å²) in [5.74, 6) is -0.550. The van der Waals surface area contributed by atoms with Gasteiger partial charge in [0.15, 0.2) is 5.82 Å². The lowest BCUT2D eigenvalue weighted by Crippen LogP contribution is -2.61. The number of imide groups is 2. The maximum absolute atomic E-state index is 13.5. The molecule has 7 heterocycles. The molecule has 0 bridgehead atoms. The summed E-state index contributed by atoms with van der Waals surface area (Å²) in [5.41, 5.74) is 3.67. The number of nitrogens with one attached hydrogen (secondary N) is 3. The number of rotatable bonds is 6. The topological polar surface area (TPSA) is 184 Å². The van der Waals surface area contributed by atoms with Gasteiger partial charge in [-0.25, -0.2) is 4.79 Å². The standard InChI is InChI=1S/C40H46N10O6/c51-34-4-2-1-3-29(34)31-20-33-36(45-44-31)41-21-27-23-48(17-18-49(27)33)40(56)42-25-11-13-46(14-12-25)22-24-9-15-47(16-10-24)26-5-6-28-30(19-26)39(55)50(38(28)54)32-7-8-35(52)43-37(32)53/h1-6,19-20,24-25,27,32,51H,7-18,21-23H2,(H,41,45)(H,42,56)(H,43,52,53). The highest BCUT2D eigenvalue weighted by Gasteiger charge is 2.45. The van der Waals surface area contributed by atoms with Gasteiger partial charge in [0.25, 0.3) is 11.8 Å². The Morgan fingerprint density at radius 2 is 1.62 bits per heavy atom. The van der Waals surface area contributed by atoms with Crippen molar-refractivity contribution in [1.82, 2.24) is 35.5 Å². The van der Waals surface area contributed by atoms with E-state index in [9.17, 15) is 29.1 Å². The van der Waals surface area contributed by atoms with Crippen molar-refractivity contribution in [3.8, 4) is 17.0 Å². The summed E-state index contributed by atoms with van der Waals surface area (Å²) in [6.07, 6.45) is 4.07. The van der Waals surface area contributed by atoms with Gasteiger partial charge in [0.05, 0.1) is 28.6 Å². The van der Waals surface area contributed by atoms with E-state index in [4.69, 9.17) is 0 Å². The summed E-state index contributed by atoms with van der Waals surface area (Å²) in [7, 11) is 0. The number of piperazine rings is 1. The number of fused-ring (bicyclic) bond motifs is 4. The SMILES string of the molecule is O=C1CCC(N2C(=O)c3ccc(N4CCC(CN5CCC(NC(=O)N6CCN7c8cc(-c9ccccc9O)nnc8NCC7C6)CC5)CC4)cc3C2=O)C(=O)N1. The summed E-state index contributed by atoms with van der Waals surface area (Å²) >= 11 is 0. The van der Waals surface area contributed by atoms with Gasteiger partial charge in [0.2, 0.25) is 11.8 Å². The number of nitrogens with zero attached hydrogens (tertiary/aromatic N) is 7. The first-order valence-electron chi connectivity index (χ1n) is 19.7. The zero-order chi connectivity index (χ0) is 38.5. The van der Waals surface area contributed by atoms with E-state index >= 15 is 0 Å². The second kappa shape index (κ2) is 14.7. The van der Waals surface area contributed by atoms with Crippen LogP contribution in [0, 0.1) is 5.92 Å². The average molecular weight is 763 g/mol. The number of benzene rings is 2. The van der Waals surface area contributed by atoms with Gasteiger partial charge in [-0.05, 0) is 74.4 Å². The highest BCUT2D eigenvalue weighted by molar-refractivity contribution is 6.23. The number of hydrogen-bond donors (Lipinski definition) is 4. The van der Waals surface area contributed by atoms with Gasteiger partial charge in [-0.3, -0.25) is 29.4 Å². The molecule has 0 aliphatic carbocycles. The molecule has 4 fully saturated rings. The number of phenolic OH excluding ortho intramolecular Hbond substituents is 1. The van der Waals surface area contributed by atoms with E-state index in [1.54, 1.807) is 24.3 Å². The van der Waals surface area contributed by atoms with E-state index in [1.807, 2.05) is 29.2 Å². The van der Waals surface area contributed by atoms with Gasteiger partial charge in [-0.1, -0.05) is 12.1 Å². The Hall–Kier alpha value is -5.77. The third-order valence-electron chi connectivity index (χ3n) is 12.4. The van der Waals surface area contributed by atoms with Crippen molar-refractivity contribution in [1.29, 1.82) is 0 Å². The number of anilines is 3. The lowest BCUT2D eigenvalue weighted by molar-refractivity contribution is -0.136. The molecule has 4 N–H and O–H groups in total. The number of hydrogen-bond acceptors (Lipinski definition) is 12. The molecule has 2 aromatic carbocycles.